The first-order valence-corrected chi connectivity index (χ1v) is 6.09. The molecule has 0 aliphatic rings. The normalized spacial score (nSPS) is 10.9. The minimum Gasteiger partial charge on any atom is -0.339 e. The zero-order chi connectivity index (χ0) is 10.8. The average Bonchev–Trinajstić information content (AvgIpc) is 2.72. The molecule has 0 N–H and O–H groups in total. The van der Waals surface area contributed by atoms with Crippen molar-refractivity contribution in [2.75, 3.05) is 12.5 Å². The van der Waals surface area contributed by atoms with Crippen molar-refractivity contribution in [2.45, 2.75) is 6.92 Å². The van der Waals surface area contributed by atoms with Crippen LogP contribution in [-0.2, 0) is 10.7 Å². The van der Waals surface area contributed by atoms with Crippen LogP contribution in [0.1, 0.15) is 5.89 Å². The maximum atomic E-state index is 4.90. The van der Waals surface area contributed by atoms with Crippen LogP contribution < -0.4 is 0 Å². The van der Waals surface area contributed by atoms with Gasteiger partial charge in [-0.15, -0.1) is 0 Å². The summed E-state index contributed by atoms with van der Waals surface area (Å²) in [4.78, 5) is 7.98. The summed E-state index contributed by atoms with van der Waals surface area (Å²) in [5.74, 6) is 1.06. The van der Waals surface area contributed by atoms with Gasteiger partial charge in [-0.25, -0.2) is 0 Å². The molecule has 0 spiro atoms. The Labute approximate surface area is 88.0 Å². The summed E-state index contributed by atoms with van der Waals surface area (Å²) in [6.45, 7) is 1.69. The van der Waals surface area contributed by atoms with Crippen molar-refractivity contribution in [1.82, 2.24) is 20.3 Å². The number of rotatable bonds is 2. The molecular formula is C7H9N5O2S. The first-order valence-electron chi connectivity index (χ1n) is 4.09. The van der Waals surface area contributed by atoms with E-state index in [-0.39, 0.29) is 22.5 Å². The molecule has 0 aliphatic heterocycles. The van der Waals surface area contributed by atoms with Crippen molar-refractivity contribution in [3.63, 3.8) is 0 Å². The highest BCUT2D eigenvalue weighted by atomic mass is 32.2. The molecule has 0 atom stereocenters. The number of nitrogens with zero attached hydrogens (tertiary/aromatic N) is 5. The van der Waals surface area contributed by atoms with Crippen LogP contribution in [0.2, 0.25) is 0 Å². The molecular weight excluding hydrogens is 218 g/mol. The molecule has 0 fully saturated rings. The maximum absolute atomic E-state index is 4.90. The zero-order valence-electron chi connectivity index (χ0n) is 8.46. The third-order valence-electron chi connectivity index (χ3n) is 1.40. The van der Waals surface area contributed by atoms with Gasteiger partial charge in [0.05, 0.1) is 0 Å². The Morgan fingerprint density at radius 2 is 1.73 bits per heavy atom. The first-order chi connectivity index (χ1) is 7.15. The van der Waals surface area contributed by atoms with Crippen LogP contribution in [0.25, 0.3) is 11.6 Å². The maximum Gasteiger partial charge on any atom is 0.354 e. The molecule has 15 heavy (non-hydrogen) atoms. The lowest BCUT2D eigenvalue weighted by molar-refractivity contribution is 0.393. The molecule has 80 valence electrons. The van der Waals surface area contributed by atoms with E-state index in [0.717, 1.165) is 0 Å². The number of aromatic nitrogens is 4. The topological polar surface area (TPSA) is 90.2 Å². The molecule has 2 aromatic heterocycles. The van der Waals surface area contributed by atoms with Crippen LogP contribution in [0.15, 0.2) is 13.4 Å². The van der Waals surface area contributed by atoms with Gasteiger partial charge in [0.25, 0.3) is 0 Å². The van der Waals surface area contributed by atoms with E-state index in [2.05, 4.69) is 24.6 Å². The highest BCUT2D eigenvalue weighted by Gasteiger charge is 2.13. The zero-order valence-corrected chi connectivity index (χ0v) is 9.28. The van der Waals surface area contributed by atoms with E-state index in [9.17, 15) is 0 Å². The second kappa shape index (κ2) is 3.89. The lowest BCUT2D eigenvalue weighted by Crippen LogP contribution is -1.82. The highest BCUT2D eigenvalue weighted by Crippen LogP contribution is 2.16. The van der Waals surface area contributed by atoms with Crippen molar-refractivity contribution in [2.24, 2.45) is 4.36 Å². The van der Waals surface area contributed by atoms with Crippen LogP contribution in [-0.4, -0.2) is 32.8 Å². The van der Waals surface area contributed by atoms with Gasteiger partial charge in [-0.1, -0.05) is 21.0 Å². The van der Waals surface area contributed by atoms with E-state index in [1.165, 1.54) is 0 Å². The quantitative estimate of drug-likeness (QED) is 0.763. The smallest absolute Gasteiger partial charge is 0.339 e. The number of hydrogen-bond acceptors (Lipinski definition) is 7. The van der Waals surface area contributed by atoms with Crippen molar-refractivity contribution in [3.05, 3.63) is 5.89 Å². The van der Waals surface area contributed by atoms with E-state index in [0.29, 0.717) is 11.7 Å². The van der Waals surface area contributed by atoms with Crippen LogP contribution in [0.5, 0.6) is 0 Å². The standard InChI is InChI=1S/C7H9N5O2S/c1-4-8-5(10-13-4)6-9-7(14-11-6)12-15(2)3/h1-3H3. The summed E-state index contributed by atoms with van der Waals surface area (Å²) in [5.41, 5.74) is 0. The number of aryl methyl sites for hydroxylation is 1. The Balaban J connectivity index is 2.31. The fraction of sp³-hybridized carbons (Fsp3) is 0.429. The van der Waals surface area contributed by atoms with Crippen molar-refractivity contribution >= 4 is 16.7 Å². The summed E-state index contributed by atoms with van der Waals surface area (Å²) in [7, 11) is -0.140. The van der Waals surface area contributed by atoms with Gasteiger partial charge in [-0.05, 0) is 12.5 Å². The molecule has 0 unspecified atom stereocenters. The summed E-state index contributed by atoms with van der Waals surface area (Å²) in [5, 5.41) is 7.36. The van der Waals surface area contributed by atoms with Gasteiger partial charge < -0.3 is 9.05 Å². The summed E-state index contributed by atoms with van der Waals surface area (Å²) in [6, 6.07) is 0.237. The Bertz CT molecular complexity index is 499. The van der Waals surface area contributed by atoms with Crippen LogP contribution in [0, 0.1) is 6.92 Å². The first kappa shape index (κ1) is 9.97. The molecule has 0 radical (unpaired) electrons. The molecule has 2 rings (SSSR count). The van der Waals surface area contributed by atoms with Crippen LogP contribution in [0.3, 0.4) is 0 Å². The van der Waals surface area contributed by atoms with Gasteiger partial charge in [-0.2, -0.15) is 14.3 Å². The Morgan fingerprint density at radius 3 is 2.33 bits per heavy atom. The van der Waals surface area contributed by atoms with Gasteiger partial charge >= 0.3 is 6.01 Å². The van der Waals surface area contributed by atoms with Crippen LogP contribution >= 0.6 is 0 Å². The van der Waals surface area contributed by atoms with E-state index in [1.807, 2.05) is 12.5 Å². The summed E-state index contributed by atoms with van der Waals surface area (Å²) < 4.78 is 13.8. The molecule has 0 aromatic carbocycles. The molecule has 2 heterocycles. The lowest BCUT2D eigenvalue weighted by atomic mass is 10.6. The molecule has 2 aromatic rings. The van der Waals surface area contributed by atoms with Gasteiger partial charge in [0, 0.05) is 6.92 Å². The third kappa shape index (κ3) is 2.27. The minimum absolute atomic E-state index is 0.140. The molecule has 0 aliphatic carbocycles. The predicted molar refractivity (Wildman–Crippen MR) is 53.6 cm³/mol. The molecule has 8 heteroatoms. The Hall–Kier alpha value is -1.57. The van der Waals surface area contributed by atoms with Gasteiger partial charge in [0.15, 0.2) is 0 Å². The molecule has 7 nitrogen and oxygen atoms in total. The van der Waals surface area contributed by atoms with Gasteiger partial charge in [0.1, 0.15) is 0 Å². The largest absolute Gasteiger partial charge is 0.354 e. The third-order valence-corrected chi connectivity index (χ3v) is 1.92. The van der Waals surface area contributed by atoms with Crippen molar-refractivity contribution < 1.29 is 9.05 Å². The van der Waals surface area contributed by atoms with E-state index in [4.69, 9.17) is 9.05 Å². The van der Waals surface area contributed by atoms with Crippen molar-refractivity contribution in [3.8, 4) is 11.6 Å². The minimum atomic E-state index is -0.140. The Kier molecular flexibility index (Phi) is 2.58. The SMILES string of the molecule is Cc1nc(-c2noc(N=S(C)C)n2)no1. The molecule has 0 bridgehead atoms. The highest BCUT2D eigenvalue weighted by molar-refractivity contribution is 7.85. The number of hydrogen-bond donors (Lipinski definition) is 0. The van der Waals surface area contributed by atoms with Gasteiger partial charge in [0.2, 0.25) is 17.5 Å². The molecule has 0 saturated carbocycles. The van der Waals surface area contributed by atoms with Crippen molar-refractivity contribution in [1.29, 1.82) is 0 Å². The lowest BCUT2D eigenvalue weighted by Gasteiger charge is -1.83. The second-order valence-electron chi connectivity index (χ2n) is 2.90. The van der Waals surface area contributed by atoms with E-state index < -0.39 is 0 Å². The average molecular weight is 227 g/mol. The molecule has 0 amide bonds. The summed E-state index contributed by atoms with van der Waals surface area (Å²) in [6.07, 6.45) is 3.89. The molecule has 0 saturated heterocycles. The predicted octanol–water partition coefficient (Wildman–Crippen LogP) is 1.12. The summed E-state index contributed by atoms with van der Waals surface area (Å²) >= 11 is 0. The monoisotopic (exact) mass is 227 g/mol. The van der Waals surface area contributed by atoms with E-state index in [1.54, 1.807) is 6.92 Å². The second-order valence-corrected chi connectivity index (χ2v) is 4.63. The van der Waals surface area contributed by atoms with Gasteiger partial charge in [-0.3, -0.25) is 0 Å². The fourth-order valence-corrected chi connectivity index (χ4v) is 1.28. The Morgan fingerprint density at radius 1 is 1.07 bits per heavy atom. The fourth-order valence-electron chi connectivity index (χ4n) is 0.890. The van der Waals surface area contributed by atoms with E-state index >= 15 is 0 Å². The van der Waals surface area contributed by atoms with Crippen LogP contribution in [0.4, 0.5) is 6.01 Å².